The van der Waals surface area contributed by atoms with Crippen LogP contribution in [-0.2, 0) is 0 Å². The fourth-order valence-corrected chi connectivity index (χ4v) is 9.52. The zero-order valence-electron chi connectivity index (χ0n) is 16.8. The van der Waals surface area contributed by atoms with Gasteiger partial charge in [-0.3, -0.25) is 9.78 Å². The van der Waals surface area contributed by atoms with Crippen LogP contribution in [0, 0.1) is 0 Å². The van der Waals surface area contributed by atoms with Crippen molar-refractivity contribution in [1.82, 2.24) is 4.98 Å². The number of allylic oxidation sites excluding steroid dienone is 1. The molecule has 0 unspecified atom stereocenters. The van der Waals surface area contributed by atoms with Gasteiger partial charge in [0, 0.05) is 17.1 Å². The van der Waals surface area contributed by atoms with E-state index >= 15 is 0 Å². The molecule has 0 saturated heterocycles. The topological polar surface area (TPSA) is 30.0 Å². The molecule has 0 bridgehead atoms. The van der Waals surface area contributed by atoms with Gasteiger partial charge in [0.2, 0.25) is 0 Å². The number of hydrogen-bond acceptors (Lipinski definition) is 2. The van der Waals surface area contributed by atoms with Gasteiger partial charge in [-0.15, -0.1) is 0 Å². The van der Waals surface area contributed by atoms with Crippen molar-refractivity contribution < 1.29 is 4.79 Å². The zero-order chi connectivity index (χ0) is 19.7. The number of benzene rings is 2. The summed E-state index contributed by atoms with van der Waals surface area (Å²) >= 11 is 0. The summed E-state index contributed by atoms with van der Waals surface area (Å²) in [7, 11) is -3.84. The summed E-state index contributed by atoms with van der Waals surface area (Å²) in [6.07, 6.45) is 1.84. The number of hydrogen-bond donors (Lipinski definition) is 0. The quantitative estimate of drug-likeness (QED) is 0.333. The molecule has 0 atom stereocenters. The number of fused-ring (bicyclic) bond motifs is 1. The van der Waals surface area contributed by atoms with Gasteiger partial charge in [-0.2, -0.15) is 0 Å². The van der Waals surface area contributed by atoms with Gasteiger partial charge in [0.05, 0.1) is 13.6 Å². The van der Waals surface area contributed by atoms with Gasteiger partial charge in [-0.05, 0) is 16.4 Å². The van der Waals surface area contributed by atoms with E-state index < -0.39 is 16.1 Å². The Balaban J connectivity index is 2.22. The number of carbonyl (C=O) groups excluding carboxylic acids is 1. The van der Waals surface area contributed by atoms with Gasteiger partial charge >= 0.3 is 0 Å². The van der Waals surface area contributed by atoms with Crippen LogP contribution in [-0.4, -0.2) is 26.9 Å². The predicted molar refractivity (Wildman–Crippen MR) is 121 cm³/mol. The zero-order valence-corrected chi connectivity index (χ0v) is 18.8. The molecule has 0 aliphatic rings. The van der Waals surface area contributed by atoms with Crippen molar-refractivity contribution in [2.75, 3.05) is 0 Å². The number of Topliss-reactive ketones (excluding diaryl/α,β-unsaturated/α-hetero) is 1. The fraction of sp³-hybridized carbons (Fsp3) is 0.217. The molecular weight excluding hydrogens is 362 g/mol. The maximum Gasteiger partial charge on any atom is 0.184 e. The molecule has 1 aromatic heterocycles. The van der Waals surface area contributed by atoms with Crippen LogP contribution in [0.5, 0.6) is 0 Å². The summed E-state index contributed by atoms with van der Waals surface area (Å²) in [5, 5.41) is 3.37. The molecule has 3 aromatic rings. The monoisotopic (exact) mass is 389 g/mol. The van der Waals surface area contributed by atoms with E-state index in [0.717, 1.165) is 21.7 Å². The van der Waals surface area contributed by atoms with Crippen LogP contribution in [0.25, 0.3) is 10.9 Å². The number of rotatable bonds is 5. The standard InChI is InChI=1S/C23H27NOSi2/c1-26(2,3)17-21(23(25)19-11-7-6-8-12-19)27(4,5)20-15-9-13-18-14-10-16-24-22(18)20/h6-17H,1-5H3/b21-17+. The summed E-state index contributed by atoms with van der Waals surface area (Å²) in [5.41, 5.74) is 4.12. The number of para-hydroxylation sites is 1. The summed E-state index contributed by atoms with van der Waals surface area (Å²) in [4.78, 5) is 18.2. The molecule has 0 spiro atoms. The third-order valence-electron chi connectivity index (χ3n) is 4.84. The Hall–Kier alpha value is -2.31. The van der Waals surface area contributed by atoms with Crippen molar-refractivity contribution in [3.8, 4) is 0 Å². The number of nitrogens with zero attached hydrogens (tertiary/aromatic N) is 1. The van der Waals surface area contributed by atoms with Gasteiger partial charge < -0.3 is 0 Å². The number of ketones is 1. The van der Waals surface area contributed by atoms with Crippen molar-refractivity contribution in [3.63, 3.8) is 0 Å². The van der Waals surface area contributed by atoms with Gasteiger partial charge in [0.25, 0.3) is 0 Å². The van der Waals surface area contributed by atoms with Crippen molar-refractivity contribution in [1.29, 1.82) is 0 Å². The molecule has 0 amide bonds. The summed E-state index contributed by atoms with van der Waals surface area (Å²) in [6.45, 7) is 11.4. The van der Waals surface area contributed by atoms with Crippen LogP contribution in [0.2, 0.25) is 32.7 Å². The van der Waals surface area contributed by atoms with E-state index in [1.807, 2.05) is 42.6 Å². The summed E-state index contributed by atoms with van der Waals surface area (Å²) in [6, 6.07) is 20.1. The van der Waals surface area contributed by atoms with Crippen molar-refractivity contribution in [2.45, 2.75) is 32.7 Å². The molecule has 0 aliphatic heterocycles. The Kier molecular flexibility index (Phi) is 5.31. The smallest absolute Gasteiger partial charge is 0.184 e. The Bertz CT molecular complexity index is 996. The third-order valence-corrected chi connectivity index (χ3v) is 9.75. The van der Waals surface area contributed by atoms with Crippen LogP contribution in [0.3, 0.4) is 0 Å². The largest absolute Gasteiger partial charge is 0.289 e. The maximum absolute atomic E-state index is 13.5. The SMILES string of the molecule is C[Si](C)(C)/C=C(\C(=O)c1ccccc1)[Si](C)(C)c1cccc2cccnc12. The highest BCUT2D eigenvalue weighted by atomic mass is 28.3. The van der Waals surface area contributed by atoms with E-state index in [4.69, 9.17) is 0 Å². The van der Waals surface area contributed by atoms with E-state index in [1.165, 1.54) is 5.19 Å². The van der Waals surface area contributed by atoms with Crippen molar-refractivity contribution in [3.05, 3.63) is 83.3 Å². The number of carbonyl (C=O) groups is 1. The molecule has 0 aliphatic carbocycles. The average Bonchev–Trinajstić information content (AvgIpc) is 2.65. The minimum atomic E-state index is -2.25. The van der Waals surface area contributed by atoms with Crippen LogP contribution in [0.1, 0.15) is 10.4 Å². The summed E-state index contributed by atoms with van der Waals surface area (Å²) in [5.74, 6) is 0.169. The minimum Gasteiger partial charge on any atom is -0.289 e. The first-order chi connectivity index (χ1) is 12.7. The Morgan fingerprint density at radius 1 is 0.852 bits per heavy atom. The molecule has 0 radical (unpaired) electrons. The summed E-state index contributed by atoms with van der Waals surface area (Å²) < 4.78 is 0. The second kappa shape index (κ2) is 7.37. The minimum absolute atomic E-state index is 0.169. The lowest BCUT2D eigenvalue weighted by Gasteiger charge is -2.29. The molecule has 138 valence electrons. The average molecular weight is 390 g/mol. The van der Waals surface area contributed by atoms with Crippen LogP contribution < -0.4 is 5.19 Å². The van der Waals surface area contributed by atoms with E-state index in [9.17, 15) is 4.79 Å². The second-order valence-electron chi connectivity index (χ2n) is 8.62. The van der Waals surface area contributed by atoms with E-state index in [0.29, 0.717) is 0 Å². The second-order valence-corrected chi connectivity index (χ2v) is 18.0. The normalized spacial score (nSPS) is 13.0. The van der Waals surface area contributed by atoms with Crippen LogP contribution in [0.4, 0.5) is 0 Å². The van der Waals surface area contributed by atoms with Crippen LogP contribution >= 0.6 is 0 Å². The molecule has 2 aromatic carbocycles. The Labute approximate surface area is 164 Å². The van der Waals surface area contributed by atoms with Gasteiger partial charge in [0.15, 0.2) is 5.78 Å². The first-order valence-corrected chi connectivity index (χ1v) is 16.0. The maximum atomic E-state index is 13.5. The van der Waals surface area contributed by atoms with E-state index in [1.54, 1.807) is 0 Å². The molecule has 0 N–H and O–H groups in total. The number of pyridine rings is 1. The third kappa shape index (κ3) is 4.17. The highest BCUT2D eigenvalue weighted by Crippen LogP contribution is 2.25. The fourth-order valence-electron chi connectivity index (χ4n) is 3.46. The first-order valence-electron chi connectivity index (χ1n) is 9.37. The molecule has 27 heavy (non-hydrogen) atoms. The van der Waals surface area contributed by atoms with Crippen LogP contribution in [0.15, 0.2) is 77.8 Å². The van der Waals surface area contributed by atoms with Crippen molar-refractivity contribution >= 4 is 38.0 Å². The number of aromatic nitrogens is 1. The van der Waals surface area contributed by atoms with Gasteiger partial charge in [-0.1, -0.05) is 93.0 Å². The molecule has 2 nitrogen and oxygen atoms in total. The van der Waals surface area contributed by atoms with Crippen molar-refractivity contribution in [2.24, 2.45) is 0 Å². The van der Waals surface area contributed by atoms with Gasteiger partial charge in [-0.25, -0.2) is 0 Å². The van der Waals surface area contributed by atoms with E-state index in [2.05, 4.69) is 67.7 Å². The molecule has 0 fully saturated rings. The molecule has 0 saturated carbocycles. The molecular formula is C23H27NOSi2. The highest BCUT2D eigenvalue weighted by Gasteiger charge is 2.36. The van der Waals surface area contributed by atoms with E-state index in [-0.39, 0.29) is 5.78 Å². The predicted octanol–water partition coefficient (Wildman–Crippen LogP) is 5.38. The van der Waals surface area contributed by atoms with Gasteiger partial charge in [0.1, 0.15) is 8.07 Å². The molecule has 4 heteroatoms. The lowest BCUT2D eigenvalue weighted by atomic mass is 10.1. The lowest BCUT2D eigenvalue weighted by molar-refractivity contribution is 0.104. The highest BCUT2D eigenvalue weighted by molar-refractivity contribution is 7.01. The lowest BCUT2D eigenvalue weighted by Crippen LogP contribution is -2.48. The molecule has 3 rings (SSSR count). The Morgan fingerprint density at radius 3 is 2.19 bits per heavy atom. The Morgan fingerprint density at radius 2 is 1.52 bits per heavy atom. The first kappa shape index (κ1) is 19.5. The molecule has 1 heterocycles.